The summed E-state index contributed by atoms with van der Waals surface area (Å²) in [7, 11) is 0. The van der Waals surface area contributed by atoms with Crippen molar-refractivity contribution in [3.8, 4) is 28.3 Å². The Morgan fingerprint density at radius 3 is 2.42 bits per heavy atom. The second-order valence-corrected chi connectivity index (χ2v) is 8.76. The minimum absolute atomic E-state index is 0.0112. The fraction of sp³-hybridized carbons (Fsp3) is 0.111. The highest BCUT2D eigenvalue weighted by molar-refractivity contribution is 7.71. The van der Waals surface area contributed by atoms with Gasteiger partial charge in [0.05, 0.1) is 11.4 Å². The number of hydrogen-bond acceptors (Lipinski definition) is 4. The third kappa shape index (κ3) is 5.01. The van der Waals surface area contributed by atoms with E-state index in [-0.39, 0.29) is 24.8 Å². The van der Waals surface area contributed by atoms with Gasteiger partial charge in [-0.05, 0) is 55.5 Å². The summed E-state index contributed by atoms with van der Waals surface area (Å²) in [5, 5.41) is 14.8. The third-order valence-corrected chi connectivity index (χ3v) is 6.09. The van der Waals surface area contributed by atoms with Crippen molar-refractivity contribution in [3.63, 3.8) is 0 Å². The predicted molar refractivity (Wildman–Crippen MR) is 138 cm³/mol. The molecule has 0 aliphatic rings. The second-order valence-electron chi connectivity index (χ2n) is 8.37. The van der Waals surface area contributed by atoms with Gasteiger partial charge in [-0.2, -0.15) is 10.2 Å². The Hall–Kier alpha value is -4.37. The molecule has 0 fully saturated rings. The molecule has 3 aromatic carbocycles. The Labute approximate surface area is 212 Å². The van der Waals surface area contributed by atoms with Crippen molar-refractivity contribution in [3.05, 3.63) is 107 Å². The number of nitrogens with one attached hydrogen (secondary N) is 2. The molecule has 0 spiro atoms. The molecule has 0 unspecified atom stereocenters. The molecule has 0 aliphatic heterocycles. The number of para-hydroxylation sites is 1. The largest absolute Gasteiger partial charge is 0.350 e. The Morgan fingerprint density at radius 1 is 1.00 bits per heavy atom. The normalized spacial score (nSPS) is 10.9. The number of aromatic amines is 1. The van der Waals surface area contributed by atoms with E-state index >= 15 is 0 Å². The summed E-state index contributed by atoms with van der Waals surface area (Å²) in [6, 6.07) is 23.7. The van der Waals surface area contributed by atoms with Crippen molar-refractivity contribution in [1.82, 2.24) is 29.9 Å². The van der Waals surface area contributed by atoms with E-state index in [1.54, 1.807) is 21.4 Å². The van der Waals surface area contributed by atoms with Crippen LogP contribution in [-0.2, 0) is 17.9 Å². The predicted octanol–water partition coefficient (Wildman–Crippen LogP) is 5.22. The molecule has 0 atom stereocenters. The highest BCUT2D eigenvalue weighted by Crippen LogP contribution is 2.24. The van der Waals surface area contributed by atoms with Gasteiger partial charge in [-0.1, -0.05) is 48.0 Å². The van der Waals surface area contributed by atoms with E-state index in [1.807, 2.05) is 67.7 Å². The van der Waals surface area contributed by atoms with Crippen LogP contribution in [0.1, 0.15) is 11.1 Å². The molecule has 180 valence electrons. The van der Waals surface area contributed by atoms with Crippen LogP contribution in [0.4, 0.5) is 4.39 Å². The third-order valence-electron chi connectivity index (χ3n) is 5.77. The lowest BCUT2D eigenvalue weighted by atomic mass is 10.1. The molecule has 0 bridgehead atoms. The molecule has 0 aliphatic carbocycles. The van der Waals surface area contributed by atoms with Gasteiger partial charge in [-0.15, -0.1) is 0 Å². The lowest BCUT2D eigenvalue weighted by molar-refractivity contribution is -0.121. The minimum Gasteiger partial charge on any atom is -0.350 e. The summed E-state index contributed by atoms with van der Waals surface area (Å²) in [5.41, 5.74) is 5.10. The topological polar surface area (TPSA) is 80.5 Å². The number of carbonyl (C=O) groups is 1. The number of nitrogens with zero attached hydrogens (tertiary/aromatic N) is 4. The smallest absolute Gasteiger partial charge is 0.240 e. The maximum absolute atomic E-state index is 13.5. The number of H-pyrrole nitrogens is 1. The molecule has 5 rings (SSSR count). The summed E-state index contributed by atoms with van der Waals surface area (Å²) in [5.74, 6) is 0.0507. The maximum Gasteiger partial charge on any atom is 0.240 e. The molecule has 2 aromatic heterocycles. The van der Waals surface area contributed by atoms with Crippen LogP contribution >= 0.6 is 12.2 Å². The molecule has 2 heterocycles. The summed E-state index contributed by atoms with van der Waals surface area (Å²) in [6.45, 7) is 2.26. The molecule has 7 nitrogen and oxygen atoms in total. The lowest BCUT2D eigenvalue weighted by Gasteiger charge is -2.09. The first-order valence-electron chi connectivity index (χ1n) is 11.4. The van der Waals surface area contributed by atoms with E-state index in [9.17, 15) is 9.18 Å². The summed E-state index contributed by atoms with van der Waals surface area (Å²) in [4.78, 5) is 12.9. The zero-order valence-electron chi connectivity index (χ0n) is 19.5. The molecule has 0 radical (unpaired) electrons. The maximum atomic E-state index is 13.5. The van der Waals surface area contributed by atoms with Crippen LogP contribution in [0.5, 0.6) is 0 Å². The average molecular weight is 499 g/mol. The van der Waals surface area contributed by atoms with E-state index in [1.165, 1.54) is 12.1 Å². The van der Waals surface area contributed by atoms with Gasteiger partial charge in [0.2, 0.25) is 5.91 Å². The van der Waals surface area contributed by atoms with Crippen LogP contribution in [0, 0.1) is 17.5 Å². The highest BCUT2D eigenvalue weighted by atomic mass is 32.1. The molecular formula is C27H23FN6OS. The number of aromatic nitrogens is 5. The molecular weight excluding hydrogens is 475 g/mol. The Balaban J connectivity index is 1.38. The number of halogens is 1. The monoisotopic (exact) mass is 498 g/mol. The van der Waals surface area contributed by atoms with Crippen LogP contribution < -0.4 is 5.32 Å². The Bertz CT molecular complexity index is 1550. The Morgan fingerprint density at radius 2 is 1.69 bits per heavy atom. The number of benzene rings is 3. The van der Waals surface area contributed by atoms with Crippen LogP contribution in [0.2, 0.25) is 0 Å². The van der Waals surface area contributed by atoms with Crippen LogP contribution in [-0.4, -0.2) is 30.5 Å². The van der Waals surface area contributed by atoms with E-state index in [4.69, 9.17) is 17.3 Å². The van der Waals surface area contributed by atoms with Gasteiger partial charge in [0.1, 0.15) is 12.4 Å². The van der Waals surface area contributed by atoms with E-state index in [0.717, 1.165) is 27.9 Å². The van der Waals surface area contributed by atoms with Gasteiger partial charge in [0.25, 0.3) is 0 Å². The highest BCUT2D eigenvalue weighted by Gasteiger charge is 2.16. The molecule has 36 heavy (non-hydrogen) atoms. The van der Waals surface area contributed by atoms with Crippen molar-refractivity contribution >= 4 is 18.1 Å². The number of carbonyl (C=O) groups excluding carboxylic acids is 1. The number of aryl methyl sites for hydroxylation is 1. The van der Waals surface area contributed by atoms with Crippen molar-refractivity contribution in [2.75, 3.05) is 0 Å². The fourth-order valence-corrected chi connectivity index (χ4v) is 4.08. The molecule has 2 N–H and O–H groups in total. The zero-order chi connectivity index (χ0) is 25.1. The average Bonchev–Trinajstić information content (AvgIpc) is 3.48. The van der Waals surface area contributed by atoms with Crippen LogP contribution in [0.15, 0.2) is 85.1 Å². The zero-order valence-corrected chi connectivity index (χ0v) is 20.3. The van der Waals surface area contributed by atoms with Gasteiger partial charge in [-0.3, -0.25) is 14.5 Å². The summed E-state index contributed by atoms with van der Waals surface area (Å²) >= 11 is 5.37. The second kappa shape index (κ2) is 10.1. The quantitative estimate of drug-likeness (QED) is 0.301. The van der Waals surface area contributed by atoms with Crippen molar-refractivity contribution in [2.24, 2.45) is 0 Å². The number of rotatable bonds is 7. The van der Waals surface area contributed by atoms with Gasteiger partial charge in [0.15, 0.2) is 10.6 Å². The molecule has 0 saturated heterocycles. The summed E-state index contributed by atoms with van der Waals surface area (Å²) < 4.78 is 17.3. The molecule has 5 aromatic rings. The standard InChI is InChI=1S/C27H23FN6OS/c1-18-7-9-20(10-8-18)26-30-31-27(36)33(26)17-24(35)29-15-21-16-34(23-5-3-2-4-6-23)32-25(21)19-11-13-22(28)14-12-19/h2-14,16H,15,17H2,1H3,(H,29,35)(H,31,36). The molecule has 1 amide bonds. The van der Waals surface area contributed by atoms with Gasteiger partial charge in [-0.25, -0.2) is 9.07 Å². The van der Waals surface area contributed by atoms with E-state index < -0.39 is 0 Å². The Kier molecular flexibility index (Phi) is 6.55. The number of amides is 1. The first kappa shape index (κ1) is 23.4. The van der Waals surface area contributed by atoms with Crippen molar-refractivity contribution in [1.29, 1.82) is 0 Å². The lowest BCUT2D eigenvalue weighted by Crippen LogP contribution is -2.27. The fourth-order valence-electron chi connectivity index (χ4n) is 3.88. The van der Waals surface area contributed by atoms with Gasteiger partial charge in [0, 0.05) is 29.4 Å². The molecule has 0 saturated carbocycles. The van der Waals surface area contributed by atoms with Crippen LogP contribution in [0.3, 0.4) is 0 Å². The van der Waals surface area contributed by atoms with Crippen molar-refractivity contribution in [2.45, 2.75) is 20.0 Å². The van der Waals surface area contributed by atoms with Crippen LogP contribution in [0.25, 0.3) is 28.3 Å². The van der Waals surface area contributed by atoms with Gasteiger partial charge >= 0.3 is 0 Å². The molecule has 9 heteroatoms. The van der Waals surface area contributed by atoms with Gasteiger partial charge < -0.3 is 5.32 Å². The van der Waals surface area contributed by atoms with E-state index in [0.29, 0.717) is 16.3 Å². The first-order chi connectivity index (χ1) is 17.5. The van der Waals surface area contributed by atoms with E-state index in [2.05, 4.69) is 15.5 Å². The SMILES string of the molecule is Cc1ccc(-c2n[nH]c(=S)n2CC(=O)NCc2cn(-c3ccccc3)nc2-c2ccc(F)cc2)cc1. The van der Waals surface area contributed by atoms with Crippen molar-refractivity contribution < 1.29 is 9.18 Å². The first-order valence-corrected chi connectivity index (χ1v) is 11.8. The minimum atomic E-state index is -0.322. The number of hydrogen-bond donors (Lipinski definition) is 2. The summed E-state index contributed by atoms with van der Waals surface area (Å²) in [6.07, 6.45) is 1.87.